The maximum atomic E-state index is 11.6. The first kappa shape index (κ1) is 14.4. The molecule has 1 N–H and O–H groups in total. The minimum Gasteiger partial charge on any atom is -0.465 e. The largest absolute Gasteiger partial charge is 0.465 e. The molecule has 0 saturated heterocycles. The molecule has 98 valence electrons. The topological polar surface area (TPSA) is 47.6 Å². The second-order valence-corrected chi connectivity index (χ2v) is 3.72. The molecule has 0 aromatic heterocycles. The first-order valence-electron chi connectivity index (χ1n) is 5.96. The molecule has 0 aliphatic rings. The summed E-state index contributed by atoms with van der Waals surface area (Å²) in [6.07, 6.45) is 2.12. The van der Waals surface area contributed by atoms with E-state index in [-0.39, 0.29) is 5.97 Å². The number of nitrogens with one attached hydrogen (secondary N) is 1. The summed E-state index contributed by atoms with van der Waals surface area (Å²) in [5.74, 6) is -0.328. The van der Waals surface area contributed by atoms with E-state index in [9.17, 15) is 4.79 Å². The average molecular weight is 249 g/mol. The highest BCUT2D eigenvalue weighted by Gasteiger charge is 2.17. The molecule has 0 fully saturated rings. The van der Waals surface area contributed by atoms with Gasteiger partial charge in [-0.15, -0.1) is 6.58 Å². The number of ether oxygens (including phenoxy) is 1. The van der Waals surface area contributed by atoms with Crippen molar-refractivity contribution in [1.82, 2.24) is 5.48 Å². The Bertz CT molecular complexity index is 365. The first-order valence-corrected chi connectivity index (χ1v) is 5.96. The standard InChI is InChI=1S/C14H19NO3/c1-3-8-13(14(16)17-4-2)15-18-11-12-9-6-5-7-10-12/h3,5-7,9-10,13,15H,1,4,8,11H2,2H3. The predicted molar refractivity (Wildman–Crippen MR) is 69.6 cm³/mol. The zero-order chi connectivity index (χ0) is 13.2. The van der Waals surface area contributed by atoms with Gasteiger partial charge in [0.05, 0.1) is 13.2 Å². The molecule has 0 saturated carbocycles. The van der Waals surface area contributed by atoms with Crippen LogP contribution in [0.2, 0.25) is 0 Å². The Balaban J connectivity index is 2.37. The minimum absolute atomic E-state index is 0.328. The Morgan fingerprint density at radius 3 is 2.78 bits per heavy atom. The Morgan fingerprint density at radius 1 is 1.44 bits per heavy atom. The molecule has 1 aromatic carbocycles. The minimum atomic E-state index is -0.508. The molecule has 4 nitrogen and oxygen atoms in total. The van der Waals surface area contributed by atoms with Crippen LogP contribution >= 0.6 is 0 Å². The molecule has 0 radical (unpaired) electrons. The van der Waals surface area contributed by atoms with Crippen LogP contribution in [0.1, 0.15) is 18.9 Å². The lowest BCUT2D eigenvalue weighted by Crippen LogP contribution is -2.37. The molecule has 1 atom stereocenters. The van der Waals surface area contributed by atoms with Gasteiger partial charge in [0.25, 0.3) is 0 Å². The van der Waals surface area contributed by atoms with Crippen LogP contribution in [0.15, 0.2) is 43.0 Å². The van der Waals surface area contributed by atoms with Crippen LogP contribution in [-0.4, -0.2) is 18.6 Å². The Morgan fingerprint density at radius 2 is 2.17 bits per heavy atom. The van der Waals surface area contributed by atoms with Crippen LogP contribution in [0.4, 0.5) is 0 Å². The van der Waals surface area contributed by atoms with Gasteiger partial charge in [0.1, 0.15) is 6.04 Å². The van der Waals surface area contributed by atoms with Gasteiger partial charge in [-0.25, -0.2) is 0 Å². The summed E-state index contributed by atoms with van der Waals surface area (Å²) >= 11 is 0. The zero-order valence-electron chi connectivity index (χ0n) is 10.6. The number of hydrogen-bond acceptors (Lipinski definition) is 4. The Labute approximate surface area is 108 Å². The van der Waals surface area contributed by atoms with Gasteiger partial charge in [0.15, 0.2) is 0 Å². The summed E-state index contributed by atoms with van der Waals surface area (Å²) < 4.78 is 4.93. The fourth-order valence-electron chi connectivity index (χ4n) is 1.40. The number of hydrogen-bond donors (Lipinski definition) is 1. The fraction of sp³-hybridized carbons (Fsp3) is 0.357. The Kier molecular flexibility index (Phi) is 6.76. The fourth-order valence-corrected chi connectivity index (χ4v) is 1.40. The van der Waals surface area contributed by atoms with Crippen molar-refractivity contribution in [1.29, 1.82) is 0 Å². The predicted octanol–water partition coefficient (Wildman–Crippen LogP) is 2.22. The third-order valence-corrected chi connectivity index (χ3v) is 2.28. The highest BCUT2D eigenvalue weighted by Crippen LogP contribution is 2.01. The van der Waals surface area contributed by atoms with Gasteiger partial charge >= 0.3 is 5.97 Å². The molecule has 0 bridgehead atoms. The average Bonchev–Trinajstić information content (AvgIpc) is 2.39. The number of esters is 1. The molecular formula is C14H19NO3. The van der Waals surface area contributed by atoms with Crippen LogP contribution in [0.25, 0.3) is 0 Å². The van der Waals surface area contributed by atoms with Gasteiger partial charge in [-0.1, -0.05) is 36.4 Å². The second kappa shape index (κ2) is 8.44. The maximum Gasteiger partial charge on any atom is 0.325 e. The van der Waals surface area contributed by atoms with E-state index in [0.717, 1.165) is 5.56 Å². The van der Waals surface area contributed by atoms with E-state index in [1.807, 2.05) is 30.3 Å². The normalized spacial score (nSPS) is 11.8. The van der Waals surface area contributed by atoms with Gasteiger partial charge in [0.2, 0.25) is 0 Å². The van der Waals surface area contributed by atoms with Crippen molar-refractivity contribution in [3.8, 4) is 0 Å². The monoisotopic (exact) mass is 249 g/mol. The molecule has 4 heteroatoms. The van der Waals surface area contributed by atoms with Gasteiger partial charge in [-0.2, -0.15) is 5.48 Å². The van der Waals surface area contributed by atoms with E-state index in [4.69, 9.17) is 9.57 Å². The highest BCUT2D eigenvalue weighted by molar-refractivity contribution is 5.75. The van der Waals surface area contributed by atoms with E-state index in [0.29, 0.717) is 19.6 Å². The molecule has 1 rings (SSSR count). The molecule has 0 aliphatic heterocycles. The summed E-state index contributed by atoms with van der Waals surface area (Å²) in [4.78, 5) is 16.9. The second-order valence-electron chi connectivity index (χ2n) is 3.72. The molecule has 1 unspecified atom stereocenters. The SMILES string of the molecule is C=CCC(NOCc1ccccc1)C(=O)OCC. The third kappa shape index (κ3) is 5.12. The van der Waals surface area contributed by atoms with Crippen molar-refractivity contribution in [3.63, 3.8) is 0 Å². The maximum absolute atomic E-state index is 11.6. The highest BCUT2D eigenvalue weighted by atomic mass is 16.6. The van der Waals surface area contributed by atoms with Gasteiger partial charge < -0.3 is 4.74 Å². The summed E-state index contributed by atoms with van der Waals surface area (Å²) in [7, 11) is 0. The van der Waals surface area contributed by atoms with Gasteiger partial charge in [-0.05, 0) is 18.9 Å². The molecule has 0 amide bonds. The molecule has 0 aliphatic carbocycles. The quantitative estimate of drug-likeness (QED) is 0.436. The summed E-state index contributed by atoms with van der Waals surface area (Å²) in [6, 6.07) is 9.21. The van der Waals surface area contributed by atoms with Crippen molar-refractivity contribution in [2.24, 2.45) is 0 Å². The molecule has 18 heavy (non-hydrogen) atoms. The summed E-state index contributed by atoms with van der Waals surface area (Å²) in [5.41, 5.74) is 3.74. The zero-order valence-corrected chi connectivity index (χ0v) is 10.6. The van der Waals surface area contributed by atoms with E-state index >= 15 is 0 Å². The van der Waals surface area contributed by atoms with Gasteiger partial charge in [-0.3, -0.25) is 9.63 Å². The van der Waals surface area contributed by atoms with Crippen molar-refractivity contribution < 1.29 is 14.4 Å². The number of benzene rings is 1. The van der Waals surface area contributed by atoms with E-state index in [1.54, 1.807) is 13.0 Å². The van der Waals surface area contributed by atoms with Crippen molar-refractivity contribution in [2.75, 3.05) is 6.61 Å². The Hall–Kier alpha value is -1.65. The van der Waals surface area contributed by atoms with Crippen LogP contribution in [0.3, 0.4) is 0 Å². The lowest BCUT2D eigenvalue weighted by Gasteiger charge is -2.15. The van der Waals surface area contributed by atoms with Crippen molar-refractivity contribution in [2.45, 2.75) is 26.0 Å². The molecule has 1 aromatic rings. The number of hydroxylamine groups is 1. The molecule has 0 spiro atoms. The van der Waals surface area contributed by atoms with E-state index in [2.05, 4.69) is 12.1 Å². The van der Waals surface area contributed by atoms with Crippen molar-refractivity contribution in [3.05, 3.63) is 48.6 Å². The lowest BCUT2D eigenvalue weighted by atomic mass is 10.2. The van der Waals surface area contributed by atoms with Crippen LogP contribution in [0, 0.1) is 0 Å². The summed E-state index contributed by atoms with van der Waals surface area (Å²) in [5, 5.41) is 0. The lowest BCUT2D eigenvalue weighted by molar-refractivity contribution is -0.150. The number of carbonyl (C=O) groups is 1. The van der Waals surface area contributed by atoms with Crippen LogP contribution < -0.4 is 5.48 Å². The number of rotatable bonds is 8. The smallest absolute Gasteiger partial charge is 0.325 e. The summed E-state index contributed by atoms with van der Waals surface area (Å²) in [6.45, 7) is 6.13. The van der Waals surface area contributed by atoms with E-state index in [1.165, 1.54) is 0 Å². The molecule has 0 heterocycles. The van der Waals surface area contributed by atoms with Gasteiger partial charge in [0, 0.05) is 0 Å². The van der Waals surface area contributed by atoms with Crippen LogP contribution in [-0.2, 0) is 21.0 Å². The van der Waals surface area contributed by atoms with Crippen molar-refractivity contribution >= 4 is 5.97 Å². The molecular weight excluding hydrogens is 230 g/mol. The third-order valence-electron chi connectivity index (χ3n) is 2.28. The first-order chi connectivity index (χ1) is 8.77. The number of carbonyl (C=O) groups excluding carboxylic acids is 1. The van der Waals surface area contributed by atoms with E-state index < -0.39 is 6.04 Å². The van der Waals surface area contributed by atoms with Crippen LogP contribution in [0.5, 0.6) is 0 Å².